The van der Waals surface area contributed by atoms with Crippen molar-refractivity contribution in [2.75, 3.05) is 13.1 Å². The van der Waals surface area contributed by atoms with Gasteiger partial charge in [-0.1, -0.05) is 0 Å². The van der Waals surface area contributed by atoms with Crippen LogP contribution in [0.25, 0.3) is 0 Å². The normalized spacial score (nSPS) is 12.0. The zero-order valence-electron chi connectivity index (χ0n) is 14.4. The second-order valence-corrected chi connectivity index (χ2v) is 5.81. The molecule has 0 aliphatic rings. The highest BCUT2D eigenvalue weighted by molar-refractivity contribution is 5.73. The average molecular weight is 331 g/mol. The van der Waals surface area contributed by atoms with E-state index in [0.717, 1.165) is 29.8 Å². The topological polar surface area (TPSA) is 92.1 Å². The molecular formula is C17H25N5O2. The van der Waals surface area contributed by atoms with Crippen molar-refractivity contribution >= 4 is 6.03 Å². The Morgan fingerprint density at radius 1 is 1.29 bits per heavy atom. The summed E-state index contributed by atoms with van der Waals surface area (Å²) in [5.74, 6) is 0. The second kappa shape index (κ2) is 8.44. The molecule has 7 nitrogen and oxygen atoms in total. The third-order valence-corrected chi connectivity index (χ3v) is 4.09. The molecule has 24 heavy (non-hydrogen) atoms. The number of nitrogens with zero attached hydrogens (tertiary/aromatic N) is 3. The third kappa shape index (κ3) is 4.79. The van der Waals surface area contributed by atoms with Gasteiger partial charge in [-0.3, -0.25) is 9.67 Å². The number of aliphatic hydroxyl groups is 1. The van der Waals surface area contributed by atoms with Crippen molar-refractivity contribution in [1.82, 2.24) is 25.4 Å². The maximum absolute atomic E-state index is 11.8. The molecule has 0 radical (unpaired) electrons. The van der Waals surface area contributed by atoms with Crippen molar-refractivity contribution in [3.8, 4) is 0 Å². The van der Waals surface area contributed by atoms with Crippen molar-refractivity contribution < 1.29 is 9.90 Å². The number of hydrogen-bond acceptors (Lipinski definition) is 4. The predicted molar refractivity (Wildman–Crippen MR) is 91.6 cm³/mol. The SMILES string of the molecule is Cc1nn(C)c(C)c1CCCNC(=O)NCC(O)c1ccncc1. The van der Waals surface area contributed by atoms with Crippen LogP contribution in [0.15, 0.2) is 24.5 Å². The highest BCUT2D eigenvalue weighted by Crippen LogP contribution is 2.13. The standard InChI is InChI=1S/C17H25N5O2/c1-12-15(13(2)22(3)21-12)5-4-8-19-17(24)20-11-16(23)14-6-9-18-10-7-14/h6-7,9-10,16,23H,4-5,8,11H2,1-3H3,(H2,19,20,24). The molecule has 130 valence electrons. The minimum Gasteiger partial charge on any atom is -0.387 e. The molecule has 1 unspecified atom stereocenters. The Hall–Kier alpha value is -2.41. The number of amides is 2. The second-order valence-electron chi connectivity index (χ2n) is 5.81. The van der Waals surface area contributed by atoms with Crippen molar-refractivity contribution in [2.45, 2.75) is 32.8 Å². The van der Waals surface area contributed by atoms with E-state index in [0.29, 0.717) is 6.54 Å². The smallest absolute Gasteiger partial charge is 0.314 e. The van der Waals surface area contributed by atoms with Gasteiger partial charge in [0.15, 0.2) is 0 Å². The zero-order valence-corrected chi connectivity index (χ0v) is 14.4. The molecule has 2 aromatic rings. The fraction of sp³-hybridized carbons (Fsp3) is 0.471. The van der Waals surface area contributed by atoms with Gasteiger partial charge in [0.05, 0.1) is 11.8 Å². The van der Waals surface area contributed by atoms with Crippen molar-refractivity contribution in [3.05, 3.63) is 47.0 Å². The Labute approximate surface area is 142 Å². The first-order chi connectivity index (χ1) is 11.5. The summed E-state index contributed by atoms with van der Waals surface area (Å²) in [4.78, 5) is 15.7. The first kappa shape index (κ1) is 17.9. The van der Waals surface area contributed by atoms with E-state index < -0.39 is 6.10 Å². The molecule has 2 heterocycles. The summed E-state index contributed by atoms with van der Waals surface area (Å²) in [5.41, 5.74) is 4.18. The number of nitrogens with one attached hydrogen (secondary N) is 2. The summed E-state index contributed by atoms with van der Waals surface area (Å²) in [6.45, 7) is 4.79. The lowest BCUT2D eigenvalue weighted by molar-refractivity contribution is 0.173. The van der Waals surface area contributed by atoms with Gasteiger partial charge in [-0.15, -0.1) is 0 Å². The first-order valence-electron chi connectivity index (χ1n) is 8.07. The van der Waals surface area contributed by atoms with E-state index in [9.17, 15) is 9.90 Å². The molecule has 1 atom stereocenters. The molecule has 2 aromatic heterocycles. The molecule has 0 aliphatic heterocycles. The van der Waals surface area contributed by atoms with E-state index in [1.807, 2.05) is 18.7 Å². The number of pyridine rings is 1. The molecule has 2 rings (SSSR count). The van der Waals surface area contributed by atoms with Crippen molar-refractivity contribution in [3.63, 3.8) is 0 Å². The Morgan fingerprint density at radius 2 is 2.00 bits per heavy atom. The quantitative estimate of drug-likeness (QED) is 0.669. The van der Waals surface area contributed by atoms with Crippen LogP contribution in [0.4, 0.5) is 4.79 Å². The van der Waals surface area contributed by atoms with Gasteiger partial charge in [0.1, 0.15) is 0 Å². The number of aliphatic hydroxyl groups excluding tert-OH is 1. The molecule has 3 N–H and O–H groups in total. The highest BCUT2D eigenvalue weighted by Gasteiger charge is 2.10. The van der Waals surface area contributed by atoms with Crippen LogP contribution in [0.3, 0.4) is 0 Å². The first-order valence-corrected chi connectivity index (χ1v) is 8.07. The third-order valence-electron chi connectivity index (χ3n) is 4.09. The molecule has 7 heteroatoms. The van der Waals surface area contributed by atoms with Crippen LogP contribution in [0.1, 0.15) is 35.0 Å². The van der Waals surface area contributed by atoms with E-state index in [-0.39, 0.29) is 12.6 Å². The van der Waals surface area contributed by atoms with Gasteiger partial charge in [-0.2, -0.15) is 5.10 Å². The number of carbonyl (C=O) groups is 1. The van der Waals surface area contributed by atoms with Crippen LogP contribution in [0.2, 0.25) is 0 Å². The summed E-state index contributed by atoms with van der Waals surface area (Å²) in [7, 11) is 1.94. The van der Waals surface area contributed by atoms with Gasteiger partial charge in [0, 0.05) is 38.2 Å². The lowest BCUT2D eigenvalue weighted by atomic mass is 10.1. The molecule has 0 bridgehead atoms. The highest BCUT2D eigenvalue weighted by atomic mass is 16.3. The van der Waals surface area contributed by atoms with Crippen LogP contribution < -0.4 is 10.6 Å². The van der Waals surface area contributed by atoms with Gasteiger partial charge in [0.2, 0.25) is 0 Å². The fourth-order valence-electron chi connectivity index (χ4n) is 2.60. The number of aryl methyl sites for hydroxylation is 2. The summed E-state index contributed by atoms with van der Waals surface area (Å²) >= 11 is 0. The van der Waals surface area contributed by atoms with Crippen molar-refractivity contribution in [1.29, 1.82) is 0 Å². The molecular weight excluding hydrogens is 306 g/mol. The minimum absolute atomic E-state index is 0.163. The van der Waals surface area contributed by atoms with Crippen molar-refractivity contribution in [2.24, 2.45) is 7.05 Å². The van der Waals surface area contributed by atoms with E-state index >= 15 is 0 Å². The van der Waals surface area contributed by atoms with Gasteiger partial charge in [-0.05, 0) is 49.9 Å². The summed E-state index contributed by atoms with van der Waals surface area (Å²) in [5, 5.41) is 19.8. The molecule has 0 saturated carbocycles. The monoisotopic (exact) mass is 331 g/mol. The maximum Gasteiger partial charge on any atom is 0.314 e. The average Bonchev–Trinajstić information content (AvgIpc) is 2.83. The van der Waals surface area contributed by atoms with Gasteiger partial charge in [0.25, 0.3) is 0 Å². The van der Waals surface area contributed by atoms with Gasteiger partial charge in [-0.25, -0.2) is 4.79 Å². The van der Waals surface area contributed by atoms with Gasteiger partial charge < -0.3 is 15.7 Å². The number of hydrogen-bond donors (Lipinski definition) is 3. The summed E-state index contributed by atoms with van der Waals surface area (Å²) in [6.07, 6.45) is 4.21. The Balaban J connectivity index is 1.66. The van der Waals surface area contributed by atoms with Crippen LogP contribution in [-0.4, -0.2) is 39.0 Å². The molecule has 0 spiro atoms. The lowest BCUT2D eigenvalue weighted by Crippen LogP contribution is -2.38. The van der Waals surface area contributed by atoms with Crippen LogP contribution in [0.5, 0.6) is 0 Å². The molecule has 0 saturated heterocycles. The maximum atomic E-state index is 11.8. The number of carbonyl (C=O) groups excluding carboxylic acids is 1. The number of urea groups is 1. The lowest BCUT2D eigenvalue weighted by Gasteiger charge is -2.12. The number of rotatable bonds is 7. The molecule has 0 fully saturated rings. The fourth-order valence-corrected chi connectivity index (χ4v) is 2.60. The van der Waals surface area contributed by atoms with E-state index in [4.69, 9.17) is 0 Å². The van der Waals surface area contributed by atoms with Crippen LogP contribution >= 0.6 is 0 Å². The number of aromatic nitrogens is 3. The predicted octanol–water partition coefficient (Wildman–Crippen LogP) is 1.40. The summed E-state index contributed by atoms with van der Waals surface area (Å²) in [6, 6.07) is 3.17. The minimum atomic E-state index is -0.737. The molecule has 0 aliphatic carbocycles. The van der Waals surface area contributed by atoms with E-state index in [1.54, 1.807) is 24.5 Å². The largest absolute Gasteiger partial charge is 0.387 e. The van der Waals surface area contributed by atoms with Crippen LogP contribution in [0, 0.1) is 13.8 Å². The molecule has 2 amide bonds. The molecule has 0 aromatic carbocycles. The van der Waals surface area contributed by atoms with Gasteiger partial charge >= 0.3 is 6.03 Å². The zero-order chi connectivity index (χ0) is 17.5. The Bertz CT molecular complexity index is 669. The Morgan fingerprint density at radius 3 is 2.62 bits per heavy atom. The Kier molecular flexibility index (Phi) is 6.31. The summed E-state index contributed by atoms with van der Waals surface area (Å²) < 4.78 is 1.88. The van der Waals surface area contributed by atoms with Crippen LogP contribution in [-0.2, 0) is 13.5 Å². The van der Waals surface area contributed by atoms with E-state index in [1.165, 1.54) is 5.56 Å². The van der Waals surface area contributed by atoms with E-state index in [2.05, 4.69) is 27.6 Å².